The monoisotopic (exact) mass is 326 g/mol. The Balaban J connectivity index is 1.70. The molecule has 0 aliphatic rings. The van der Waals surface area contributed by atoms with Gasteiger partial charge in [0.05, 0.1) is 16.5 Å². The third-order valence-corrected chi connectivity index (χ3v) is 3.79. The molecule has 1 amide bonds. The topological polar surface area (TPSA) is 101 Å². The Hall–Kier alpha value is -3.18. The van der Waals surface area contributed by atoms with E-state index in [1.54, 1.807) is 30.3 Å². The smallest absolute Gasteiger partial charge is 0.387 e. The highest BCUT2D eigenvalue weighted by molar-refractivity contribution is 7.13. The molecule has 23 heavy (non-hydrogen) atoms. The number of carbonyl (C=O) groups is 1. The van der Waals surface area contributed by atoms with Gasteiger partial charge in [-0.2, -0.15) is 9.94 Å². The lowest BCUT2D eigenvalue weighted by Gasteiger charge is -2.04. The fourth-order valence-electron chi connectivity index (χ4n) is 1.87. The van der Waals surface area contributed by atoms with Crippen molar-refractivity contribution in [2.24, 2.45) is 0 Å². The molecule has 1 aromatic carbocycles. The standard InChI is InChI=1S/C15H10N4O3S/c16-8-10-3-5-11(6-4-10)17-13(20)9-19-15(21)22-14(18-19)12-2-1-7-23-12/h1-7H,9H2,(H,17,20). The van der Waals surface area contributed by atoms with Crippen LogP contribution in [0.25, 0.3) is 10.8 Å². The third-order valence-electron chi connectivity index (χ3n) is 2.93. The number of rotatable bonds is 4. The second-order valence-corrected chi connectivity index (χ2v) is 5.49. The first-order valence-corrected chi connectivity index (χ1v) is 7.45. The summed E-state index contributed by atoms with van der Waals surface area (Å²) in [5.41, 5.74) is 1.03. The van der Waals surface area contributed by atoms with Crippen LogP contribution in [0.4, 0.5) is 5.69 Å². The average Bonchev–Trinajstić information content (AvgIpc) is 3.18. The molecule has 3 rings (SSSR count). The maximum atomic E-state index is 12.0. The van der Waals surface area contributed by atoms with Crippen molar-refractivity contribution in [3.63, 3.8) is 0 Å². The fraction of sp³-hybridized carbons (Fsp3) is 0.0667. The van der Waals surface area contributed by atoms with Gasteiger partial charge < -0.3 is 9.73 Å². The minimum atomic E-state index is -0.691. The molecule has 2 heterocycles. The first-order valence-electron chi connectivity index (χ1n) is 6.57. The fourth-order valence-corrected chi connectivity index (χ4v) is 2.51. The summed E-state index contributed by atoms with van der Waals surface area (Å²) < 4.78 is 6.00. The SMILES string of the molecule is N#Cc1ccc(NC(=O)Cn2nc(-c3cccs3)oc2=O)cc1. The van der Waals surface area contributed by atoms with Crippen LogP contribution in [0.5, 0.6) is 0 Å². The second kappa shape index (κ2) is 6.29. The van der Waals surface area contributed by atoms with Crippen LogP contribution in [0.15, 0.2) is 51.0 Å². The Bertz CT molecular complexity index is 917. The number of nitriles is 1. The van der Waals surface area contributed by atoms with Gasteiger partial charge in [-0.05, 0) is 35.7 Å². The van der Waals surface area contributed by atoms with E-state index in [9.17, 15) is 9.59 Å². The Labute approximate surface area is 134 Å². The number of nitrogens with zero attached hydrogens (tertiary/aromatic N) is 3. The molecule has 0 aliphatic carbocycles. The Morgan fingerprint density at radius 1 is 1.35 bits per heavy atom. The van der Waals surface area contributed by atoms with Crippen LogP contribution in [-0.4, -0.2) is 15.7 Å². The van der Waals surface area contributed by atoms with Crippen molar-refractivity contribution in [2.75, 3.05) is 5.32 Å². The van der Waals surface area contributed by atoms with E-state index >= 15 is 0 Å². The molecule has 0 saturated heterocycles. The quantitative estimate of drug-likeness (QED) is 0.791. The largest absolute Gasteiger partial charge is 0.437 e. The van der Waals surface area contributed by atoms with E-state index in [4.69, 9.17) is 9.68 Å². The molecule has 3 aromatic rings. The number of nitrogens with one attached hydrogen (secondary N) is 1. The number of hydrogen-bond acceptors (Lipinski definition) is 6. The molecule has 0 fully saturated rings. The predicted octanol–water partition coefficient (Wildman–Crippen LogP) is 2.08. The number of hydrogen-bond donors (Lipinski definition) is 1. The lowest BCUT2D eigenvalue weighted by Crippen LogP contribution is -2.25. The maximum absolute atomic E-state index is 12.0. The van der Waals surface area contributed by atoms with Gasteiger partial charge in [0.1, 0.15) is 6.54 Å². The van der Waals surface area contributed by atoms with Gasteiger partial charge >= 0.3 is 5.76 Å². The summed E-state index contributed by atoms with van der Waals surface area (Å²) in [7, 11) is 0. The molecule has 2 aromatic heterocycles. The highest BCUT2D eigenvalue weighted by Crippen LogP contribution is 2.21. The summed E-state index contributed by atoms with van der Waals surface area (Å²) in [5, 5.41) is 17.2. The van der Waals surface area contributed by atoms with Gasteiger partial charge in [-0.1, -0.05) is 6.07 Å². The van der Waals surface area contributed by atoms with Gasteiger partial charge in [-0.25, -0.2) is 4.79 Å². The second-order valence-electron chi connectivity index (χ2n) is 4.55. The number of carbonyl (C=O) groups excluding carboxylic acids is 1. The molecule has 0 saturated carbocycles. The molecule has 0 aliphatic heterocycles. The molecule has 1 N–H and O–H groups in total. The molecule has 0 bridgehead atoms. The molecular formula is C15H10N4O3S. The van der Waals surface area contributed by atoms with Crippen LogP contribution in [0.2, 0.25) is 0 Å². The van der Waals surface area contributed by atoms with Crippen molar-refractivity contribution in [3.8, 4) is 16.8 Å². The van der Waals surface area contributed by atoms with Crippen LogP contribution >= 0.6 is 11.3 Å². The molecule has 114 valence electrons. The van der Waals surface area contributed by atoms with Crippen LogP contribution in [0.3, 0.4) is 0 Å². The van der Waals surface area contributed by atoms with Gasteiger partial charge in [0.25, 0.3) is 5.89 Å². The number of aromatic nitrogens is 2. The normalized spacial score (nSPS) is 10.2. The maximum Gasteiger partial charge on any atom is 0.437 e. The van der Waals surface area contributed by atoms with E-state index in [2.05, 4.69) is 10.4 Å². The van der Waals surface area contributed by atoms with Gasteiger partial charge in [0.15, 0.2) is 0 Å². The summed E-state index contributed by atoms with van der Waals surface area (Å²) in [6, 6.07) is 12.0. The third kappa shape index (κ3) is 3.36. The van der Waals surface area contributed by atoms with Gasteiger partial charge in [0.2, 0.25) is 5.91 Å². The van der Waals surface area contributed by atoms with Gasteiger partial charge in [-0.3, -0.25) is 4.79 Å². The van der Waals surface area contributed by atoms with E-state index in [0.717, 1.165) is 4.68 Å². The van der Waals surface area contributed by atoms with Gasteiger partial charge in [0, 0.05) is 5.69 Å². The molecule has 7 nitrogen and oxygen atoms in total. The Morgan fingerprint density at radius 3 is 2.78 bits per heavy atom. The zero-order chi connectivity index (χ0) is 16.2. The summed E-state index contributed by atoms with van der Waals surface area (Å²) in [5.74, 6) is -0.914. The molecule has 0 spiro atoms. The lowest BCUT2D eigenvalue weighted by atomic mass is 10.2. The van der Waals surface area contributed by atoms with Crippen LogP contribution < -0.4 is 11.1 Å². The summed E-state index contributed by atoms with van der Waals surface area (Å²) in [6.07, 6.45) is 0. The van der Waals surface area contributed by atoms with E-state index in [-0.39, 0.29) is 12.4 Å². The first-order chi connectivity index (χ1) is 11.2. The lowest BCUT2D eigenvalue weighted by molar-refractivity contribution is -0.117. The molecular weight excluding hydrogens is 316 g/mol. The summed E-state index contributed by atoms with van der Waals surface area (Å²) >= 11 is 1.39. The highest BCUT2D eigenvalue weighted by atomic mass is 32.1. The van der Waals surface area contributed by atoms with E-state index in [0.29, 0.717) is 16.1 Å². The van der Waals surface area contributed by atoms with E-state index in [1.165, 1.54) is 11.3 Å². The molecule has 0 radical (unpaired) electrons. The van der Waals surface area contributed by atoms with Crippen LogP contribution in [0, 0.1) is 11.3 Å². The van der Waals surface area contributed by atoms with Crippen molar-refractivity contribution >= 4 is 22.9 Å². The van der Waals surface area contributed by atoms with Crippen molar-refractivity contribution < 1.29 is 9.21 Å². The van der Waals surface area contributed by atoms with Crippen molar-refractivity contribution in [1.82, 2.24) is 9.78 Å². The first kappa shape index (κ1) is 14.7. The summed E-state index contributed by atoms with van der Waals surface area (Å²) in [6.45, 7) is -0.256. The molecule has 8 heteroatoms. The number of benzene rings is 1. The van der Waals surface area contributed by atoms with Crippen molar-refractivity contribution in [3.05, 3.63) is 57.9 Å². The Kier molecular flexibility index (Phi) is 4.03. The van der Waals surface area contributed by atoms with E-state index < -0.39 is 11.7 Å². The average molecular weight is 326 g/mol. The minimum Gasteiger partial charge on any atom is -0.387 e. The summed E-state index contributed by atoms with van der Waals surface area (Å²) in [4.78, 5) is 24.4. The van der Waals surface area contributed by atoms with Crippen LogP contribution in [0.1, 0.15) is 5.56 Å². The molecule has 0 unspecified atom stereocenters. The minimum absolute atomic E-state index is 0.191. The number of thiophene rings is 1. The molecule has 0 atom stereocenters. The van der Waals surface area contributed by atoms with Crippen molar-refractivity contribution in [1.29, 1.82) is 5.26 Å². The Morgan fingerprint density at radius 2 is 2.13 bits per heavy atom. The van der Waals surface area contributed by atoms with Gasteiger partial charge in [-0.15, -0.1) is 16.4 Å². The van der Waals surface area contributed by atoms with E-state index in [1.807, 2.05) is 17.5 Å². The number of amides is 1. The number of anilines is 1. The highest BCUT2D eigenvalue weighted by Gasteiger charge is 2.13. The zero-order valence-corrected chi connectivity index (χ0v) is 12.5. The van der Waals surface area contributed by atoms with Crippen LogP contribution in [-0.2, 0) is 11.3 Å². The zero-order valence-electron chi connectivity index (χ0n) is 11.7. The van der Waals surface area contributed by atoms with Crippen molar-refractivity contribution in [2.45, 2.75) is 6.54 Å². The predicted molar refractivity (Wildman–Crippen MR) is 83.9 cm³/mol.